The minimum atomic E-state index is 0.758. The summed E-state index contributed by atoms with van der Waals surface area (Å²) in [5.74, 6) is 3.16. The standard InChI is InChI=1S/C24H23N3O2S/c1-17-8-12-19(13-9-17)27-23(21-6-4-5-7-22(21)29-3)25-26-24(27)30-16-18-10-14-20(28-2)15-11-18/h4-15H,16H2,1-3H3. The van der Waals surface area contributed by atoms with Gasteiger partial charge in [0.15, 0.2) is 11.0 Å². The second kappa shape index (κ2) is 9.05. The fourth-order valence-corrected chi connectivity index (χ4v) is 4.07. The molecule has 0 spiro atoms. The van der Waals surface area contributed by atoms with E-state index >= 15 is 0 Å². The van der Waals surface area contributed by atoms with E-state index in [1.807, 2.05) is 36.4 Å². The summed E-state index contributed by atoms with van der Waals surface area (Å²) >= 11 is 1.65. The maximum atomic E-state index is 5.57. The quantitative estimate of drug-likeness (QED) is 0.369. The monoisotopic (exact) mass is 417 g/mol. The average molecular weight is 418 g/mol. The number of benzene rings is 3. The van der Waals surface area contributed by atoms with Gasteiger partial charge in [-0.25, -0.2) is 0 Å². The first-order chi connectivity index (χ1) is 14.7. The van der Waals surface area contributed by atoms with Crippen LogP contribution in [0.3, 0.4) is 0 Å². The fourth-order valence-electron chi connectivity index (χ4n) is 3.16. The third kappa shape index (κ3) is 4.19. The molecular weight excluding hydrogens is 394 g/mol. The van der Waals surface area contributed by atoms with E-state index in [-0.39, 0.29) is 0 Å². The molecular formula is C24H23N3O2S. The SMILES string of the molecule is COc1ccc(CSc2nnc(-c3ccccc3OC)n2-c2ccc(C)cc2)cc1. The van der Waals surface area contributed by atoms with Gasteiger partial charge in [0, 0.05) is 11.4 Å². The Hall–Kier alpha value is -3.25. The summed E-state index contributed by atoms with van der Waals surface area (Å²) in [4.78, 5) is 0. The molecule has 1 heterocycles. The Balaban J connectivity index is 1.73. The van der Waals surface area contributed by atoms with Gasteiger partial charge in [-0.1, -0.05) is 53.7 Å². The zero-order valence-corrected chi connectivity index (χ0v) is 18.0. The Morgan fingerprint density at radius 1 is 0.833 bits per heavy atom. The summed E-state index contributed by atoms with van der Waals surface area (Å²) in [5, 5.41) is 9.87. The van der Waals surface area contributed by atoms with Crippen LogP contribution in [-0.4, -0.2) is 29.0 Å². The summed E-state index contributed by atoms with van der Waals surface area (Å²) in [6.45, 7) is 2.08. The number of aromatic nitrogens is 3. The largest absolute Gasteiger partial charge is 0.497 e. The first-order valence-corrected chi connectivity index (χ1v) is 10.6. The van der Waals surface area contributed by atoms with Crippen LogP contribution in [0.2, 0.25) is 0 Å². The third-order valence-corrected chi connectivity index (χ3v) is 5.80. The number of hydrogen-bond acceptors (Lipinski definition) is 5. The topological polar surface area (TPSA) is 49.2 Å². The fraction of sp³-hybridized carbons (Fsp3) is 0.167. The zero-order chi connectivity index (χ0) is 20.9. The molecule has 0 bridgehead atoms. The maximum absolute atomic E-state index is 5.57. The van der Waals surface area contributed by atoms with Crippen molar-refractivity contribution in [3.05, 3.63) is 83.9 Å². The molecule has 0 aliphatic carbocycles. The highest BCUT2D eigenvalue weighted by Crippen LogP contribution is 2.34. The lowest BCUT2D eigenvalue weighted by molar-refractivity contribution is 0.414. The van der Waals surface area contributed by atoms with Gasteiger partial charge in [-0.05, 0) is 48.9 Å². The van der Waals surface area contributed by atoms with Crippen molar-refractivity contribution >= 4 is 11.8 Å². The molecule has 0 atom stereocenters. The van der Waals surface area contributed by atoms with E-state index in [0.717, 1.165) is 39.5 Å². The van der Waals surface area contributed by atoms with Gasteiger partial charge in [0.25, 0.3) is 0 Å². The van der Waals surface area contributed by atoms with Crippen molar-refractivity contribution in [2.24, 2.45) is 0 Å². The predicted octanol–water partition coefficient (Wildman–Crippen LogP) is 5.55. The van der Waals surface area contributed by atoms with Crippen LogP contribution in [0.1, 0.15) is 11.1 Å². The van der Waals surface area contributed by atoms with E-state index in [2.05, 4.69) is 58.1 Å². The van der Waals surface area contributed by atoms with Crippen molar-refractivity contribution in [2.45, 2.75) is 17.8 Å². The van der Waals surface area contributed by atoms with Crippen molar-refractivity contribution in [3.63, 3.8) is 0 Å². The molecule has 3 aromatic carbocycles. The molecule has 152 valence electrons. The summed E-state index contributed by atoms with van der Waals surface area (Å²) in [6, 6.07) is 24.3. The first-order valence-electron chi connectivity index (χ1n) is 9.61. The Labute approximate surface area is 180 Å². The number of rotatable bonds is 7. The van der Waals surface area contributed by atoms with Gasteiger partial charge in [-0.2, -0.15) is 0 Å². The van der Waals surface area contributed by atoms with Gasteiger partial charge < -0.3 is 9.47 Å². The van der Waals surface area contributed by atoms with Crippen LogP contribution in [0, 0.1) is 6.92 Å². The van der Waals surface area contributed by atoms with Crippen LogP contribution in [0.5, 0.6) is 11.5 Å². The van der Waals surface area contributed by atoms with Gasteiger partial charge in [0.05, 0.1) is 19.8 Å². The van der Waals surface area contributed by atoms with E-state index in [1.165, 1.54) is 11.1 Å². The zero-order valence-electron chi connectivity index (χ0n) is 17.2. The highest BCUT2D eigenvalue weighted by molar-refractivity contribution is 7.98. The highest BCUT2D eigenvalue weighted by Gasteiger charge is 2.19. The van der Waals surface area contributed by atoms with E-state index < -0.39 is 0 Å². The number of nitrogens with zero attached hydrogens (tertiary/aromatic N) is 3. The van der Waals surface area contributed by atoms with Crippen LogP contribution < -0.4 is 9.47 Å². The molecule has 4 aromatic rings. The van der Waals surface area contributed by atoms with Gasteiger partial charge in [-0.15, -0.1) is 10.2 Å². The minimum absolute atomic E-state index is 0.758. The van der Waals surface area contributed by atoms with E-state index in [9.17, 15) is 0 Å². The Kier molecular flexibility index (Phi) is 6.05. The average Bonchev–Trinajstić information content (AvgIpc) is 3.22. The lowest BCUT2D eigenvalue weighted by atomic mass is 10.1. The van der Waals surface area contributed by atoms with Gasteiger partial charge >= 0.3 is 0 Å². The second-order valence-corrected chi connectivity index (χ2v) is 7.76. The molecule has 0 radical (unpaired) electrons. The second-order valence-electron chi connectivity index (χ2n) is 6.81. The van der Waals surface area contributed by atoms with Crippen molar-refractivity contribution in [2.75, 3.05) is 14.2 Å². The normalized spacial score (nSPS) is 10.8. The molecule has 5 nitrogen and oxygen atoms in total. The minimum Gasteiger partial charge on any atom is -0.497 e. The Bertz CT molecular complexity index is 1120. The third-order valence-electron chi connectivity index (χ3n) is 4.80. The highest BCUT2D eigenvalue weighted by atomic mass is 32.2. The molecule has 0 N–H and O–H groups in total. The lowest BCUT2D eigenvalue weighted by Crippen LogP contribution is -2.01. The van der Waals surface area contributed by atoms with Crippen LogP contribution in [0.25, 0.3) is 17.1 Å². The molecule has 0 fully saturated rings. The van der Waals surface area contributed by atoms with Crippen molar-refractivity contribution in [1.29, 1.82) is 0 Å². The van der Waals surface area contributed by atoms with Gasteiger partial charge in [0.1, 0.15) is 11.5 Å². The van der Waals surface area contributed by atoms with E-state index in [1.54, 1.807) is 26.0 Å². The number of para-hydroxylation sites is 1. The summed E-state index contributed by atoms with van der Waals surface area (Å²) in [5.41, 5.74) is 4.32. The first kappa shape index (κ1) is 20.0. The van der Waals surface area contributed by atoms with Crippen LogP contribution in [-0.2, 0) is 5.75 Å². The molecule has 0 aliphatic rings. The van der Waals surface area contributed by atoms with Crippen LogP contribution in [0.4, 0.5) is 0 Å². The number of aryl methyl sites for hydroxylation is 1. The number of methoxy groups -OCH3 is 2. The molecule has 1 aromatic heterocycles. The molecule has 0 amide bonds. The van der Waals surface area contributed by atoms with E-state index in [4.69, 9.17) is 9.47 Å². The Morgan fingerprint density at radius 3 is 2.27 bits per heavy atom. The molecule has 0 aliphatic heterocycles. The number of hydrogen-bond donors (Lipinski definition) is 0. The van der Waals surface area contributed by atoms with Crippen molar-refractivity contribution in [1.82, 2.24) is 14.8 Å². The maximum Gasteiger partial charge on any atom is 0.196 e. The molecule has 30 heavy (non-hydrogen) atoms. The molecule has 0 unspecified atom stereocenters. The van der Waals surface area contributed by atoms with Crippen LogP contribution >= 0.6 is 11.8 Å². The Morgan fingerprint density at radius 2 is 1.57 bits per heavy atom. The molecule has 0 saturated heterocycles. The molecule has 6 heteroatoms. The molecule has 4 rings (SSSR count). The molecule has 0 saturated carbocycles. The summed E-state index contributed by atoms with van der Waals surface area (Å²) in [7, 11) is 3.35. The van der Waals surface area contributed by atoms with Gasteiger partial charge in [0.2, 0.25) is 0 Å². The van der Waals surface area contributed by atoms with E-state index in [0.29, 0.717) is 0 Å². The predicted molar refractivity (Wildman–Crippen MR) is 121 cm³/mol. The summed E-state index contributed by atoms with van der Waals surface area (Å²) in [6.07, 6.45) is 0. The smallest absolute Gasteiger partial charge is 0.196 e. The van der Waals surface area contributed by atoms with Crippen molar-refractivity contribution < 1.29 is 9.47 Å². The lowest BCUT2D eigenvalue weighted by Gasteiger charge is -2.13. The number of ether oxygens (including phenoxy) is 2. The summed E-state index contributed by atoms with van der Waals surface area (Å²) < 4.78 is 12.9. The van der Waals surface area contributed by atoms with Crippen molar-refractivity contribution in [3.8, 4) is 28.6 Å². The number of thioether (sulfide) groups is 1. The van der Waals surface area contributed by atoms with Gasteiger partial charge in [-0.3, -0.25) is 4.57 Å². The van der Waals surface area contributed by atoms with Crippen LogP contribution in [0.15, 0.2) is 78.0 Å².